The van der Waals surface area contributed by atoms with Crippen molar-refractivity contribution in [1.82, 2.24) is 4.90 Å². The number of unbranched alkanes of at least 4 members (excludes halogenated alkanes) is 1. The Labute approximate surface area is 102 Å². The smallest absolute Gasteiger partial charge is 0.00707 e. The van der Waals surface area contributed by atoms with Gasteiger partial charge in [0.1, 0.15) is 0 Å². The van der Waals surface area contributed by atoms with Gasteiger partial charge in [-0.1, -0.05) is 33.1 Å². The van der Waals surface area contributed by atoms with E-state index in [-0.39, 0.29) is 0 Å². The number of nitrogens with zero attached hydrogens (tertiary/aromatic N) is 1. The van der Waals surface area contributed by atoms with Crippen LogP contribution in [0.5, 0.6) is 0 Å². The predicted octanol–water partition coefficient (Wildman–Crippen LogP) is 2.87. The molecule has 0 bridgehead atoms. The summed E-state index contributed by atoms with van der Waals surface area (Å²) < 4.78 is 0. The third-order valence-corrected chi connectivity index (χ3v) is 4.16. The molecule has 1 aliphatic rings. The molecule has 2 heteroatoms. The van der Waals surface area contributed by atoms with Gasteiger partial charge in [-0.15, -0.1) is 0 Å². The summed E-state index contributed by atoms with van der Waals surface area (Å²) in [6.45, 7) is 10.4. The van der Waals surface area contributed by atoms with E-state index in [1.54, 1.807) is 0 Å². The summed E-state index contributed by atoms with van der Waals surface area (Å²) in [5.41, 5.74) is 5.78. The fraction of sp³-hybridized carbons (Fsp3) is 1.00. The maximum Gasteiger partial charge on any atom is 0.00707 e. The molecule has 0 radical (unpaired) electrons. The largest absolute Gasteiger partial charge is 0.330 e. The summed E-state index contributed by atoms with van der Waals surface area (Å²) in [7, 11) is 0. The average molecular weight is 226 g/mol. The molecular formula is C14H30N2. The molecule has 16 heavy (non-hydrogen) atoms. The maximum absolute atomic E-state index is 5.78. The SMILES string of the molecule is CCCCC(CC)CN1CC(CN)CC1C. The van der Waals surface area contributed by atoms with Gasteiger partial charge in [0.05, 0.1) is 0 Å². The molecule has 1 fully saturated rings. The van der Waals surface area contributed by atoms with Crippen molar-refractivity contribution >= 4 is 0 Å². The molecule has 96 valence electrons. The first-order valence-corrected chi connectivity index (χ1v) is 7.15. The lowest BCUT2D eigenvalue weighted by Crippen LogP contribution is -2.32. The standard InChI is InChI=1S/C14H30N2/c1-4-6-7-13(5-2)10-16-11-14(9-15)8-12(16)3/h12-14H,4-11,15H2,1-3H3. The Hall–Kier alpha value is -0.0800. The molecule has 0 amide bonds. The van der Waals surface area contributed by atoms with Crippen LogP contribution in [0, 0.1) is 11.8 Å². The molecule has 0 aromatic rings. The highest BCUT2D eigenvalue weighted by molar-refractivity contribution is 4.84. The Morgan fingerprint density at radius 3 is 2.62 bits per heavy atom. The molecule has 0 aliphatic carbocycles. The summed E-state index contributed by atoms with van der Waals surface area (Å²) in [6, 6.07) is 0.754. The van der Waals surface area contributed by atoms with Crippen molar-refractivity contribution in [1.29, 1.82) is 0 Å². The van der Waals surface area contributed by atoms with Gasteiger partial charge in [0.2, 0.25) is 0 Å². The van der Waals surface area contributed by atoms with Gasteiger partial charge in [0.15, 0.2) is 0 Å². The monoisotopic (exact) mass is 226 g/mol. The molecule has 0 aromatic heterocycles. The highest BCUT2D eigenvalue weighted by atomic mass is 15.2. The van der Waals surface area contributed by atoms with Crippen molar-refractivity contribution in [2.24, 2.45) is 17.6 Å². The molecule has 2 N–H and O–H groups in total. The number of rotatable bonds is 7. The maximum atomic E-state index is 5.78. The zero-order valence-corrected chi connectivity index (χ0v) is 11.4. The van der Waals surface area contributed by atoms with Gasteiger partial charge in [0.25, 0.3) is 0 Å². The van der Waals surface area contributed by atoms with E-state index in [2.05, 4.69) is 25.7 Å². The quantitative estimate of drug-likeness (QED) is 0.723. The first-order valence-electron chi connectivity index (χ1n) is 7.15. The van der Waals surface area contributed by atoms with E-state index in [4.69, 9.17) is 5.73 Å². The van der Waals surface area contributed by atoms with Crippen molar-refractivity contribution in [2.45, 2.75) is 58.9 Å². The second-order valence-corrected chi connectivity index (χ2v) is 5.56. The number of hydrogen-bond acceptors (Lipinski definition) is 2. The van der Waals surface area contributed by atoms with Crippen LogP contribution < -0.4 is 5.73 Å². The van der Waals surface area contributed by atoms with Gasteiger partial charge in [-0.2, -0.15) is 0 Å². The topological polar surface area (TPSA) is 29.3 Å². The third-order valence-electron chi connectivity index (χ3n) is 4.16. The van der Waals surface area contributed by atoms with Crippen LogP contribution in [-0.2, 0) is 0 Å². The first-order chi connectivity index (χ1) is 7.71. The minimum Gasteiger partial charge on any atom is -0.330 e. The molecular weight excluding hydrogens is 196 g/mol. The van der Waals surface area contributed by atoms with Crippen LogP contribution in [0.2, 0.25) is 0 Å². The van der Waals surface area contributed by atoms with E-state index in [1.807, 2.05) is 0 Å². The van der Waals surface area contributed by atoms with E-state index < -0.39 is 0 Å². The minimum absolute atomic E-state index is 0.749. The Bertz CT molecular complexity index is 182. The van der Waals surface area contributed by atoms with Crippen LogP contribution in [-0.4, -0.2) is 30.6 Å². The van der Waals surface area contributed by atoms with Crippen LogP contribution in [0.4, 0.5) is 0 Å². The van der Waals surface area contributed by atoms with Gasteiger partial charge >= 0.3 is 0 Å². The van der Waals surface area contributed by atoms with Crippen LogP contribution in [0.15, 0.2) is 0 Å². The van der Waals surface area contributed by atoms with Crippen LogP contribution >= 0.6 is 0 Å². The number of hydrogen-bond donors (Lipinski definition) is 1. The molecule has 1 saturated heterocycles. The fourth-order valence-electron chi connectivity index (χ4n) is 2.89. The molecule has 0 spiro atoms. The van der Waals surface area contributed by atoms with E-state index in [1.165, 1.54) is 45.2 Å². The lowest BCUT2D eigenvalue weighted by atomic mass is 9.98. The van der Waals surface area contributed by atoms with Gasteiger partial charge in [-0.3, -0.25) is 0 Å². The van der Waals surface area contributed by atoms with Crippen LogP contribution in [0.25, 0.3) is 0 Å². The van der Waals surface area contributed by atoms with Crippen molar-refractivity contribution in [3.05, 3.63) is 0 Å². The Balaban J connectivity index is 2.33. The van der Waals surface area contributed by atoms with Crippen LogP contribution in [0.3, 0.4) is 0 Å². The Kier molecular flexibility index (Phi) is 6.37. The second kappa shape index (κ2) is 7.29. The zero-order valence-electron chi connectivity index (χ0n) is 11.4. The van der Waals surface area contributed by atoms with Crippen molar-refractivity contribution in [3.63, 3.8) is 0 Å². The highest BCUT2D eigenvalue weighted by Gasteiger charge is 2.28. The highest BCUT2D eigenvalue weighted by Crippen LogP contribution is 2.25. The Morgan fingerprint density at radius 1 is 1.38 bits per heavy atom. The molecule has 1 aliphatic heterocycles. The molecule has 1 heterocycles. The molecule has 3 atom stereocenters. The van der Waals surface area contributed by atoms with Crippen molar-refractivity contribution < 1.29 is 0 Å². The molecule has 2 nitrogen and oxygen atoms in total. The van der Waals surface area contributed by atoms with Crippen LogP contribution in [0.1, 0.15) is 52.9 Å². The summed E-state index contributed by atoms with van der Waals surface area (Å²) in [5.74, 6) is 1.65. The molecule has 0 saturated carbocycles. The average Bonchev–Trinajstić information content (AvgIpc) is 2.65. The molecule has 0 aromatic carbocycles. The second-order valence-electron chi connectivity index (χ2n) is 5.56. The van der Waals surface area contributed by atoms with Gasteiger partial charge < -0.3 is 10.6 Å². The van der Waals surface area contributed by atoms with E-state index in [9.17, 15) is 0 Å². The summed E-state index contributed by atoms with van der Waals surface area (Å²) in [5, 5.41) is 0. The zero-order chi connectivity index (χ0) is 12.0. The normalized spacial score (nSPS) is 28.5. The predicted molar refractivity (Wildman–Crippen MR) is 71.5 cm³/mol. The minimum atomic E-state index is 0.749. The number of likely N-dealkylation sites (tertiary alicyclic amines) is 1. The molecule has 1 rings (SSSR count). The van der Waals surface area contributed by atoms with Gasteiger partial charge in [0, 0.05) is 19.1 Å². The van der Waals surface area contributed by atoms with Crippen molar-refractivity contribution in [2.75, 3.05) is 19.6 Å². The third kappa shape index (κ3) is 4.06. The fourth-order valence-corrected chi connectivity index (χ4v) is 2.89. The van der Waals surface area contributed by atoms with E-state index in [0.29, 0.717) is 0 Å². The lowest BCUT2D eigenvalue weighted by molar-refractivity contribution is 0.210. The van der Waals surface area contributed by atoms with E-state index >= 15 is 0 Å². The summed E-state index contributed by atoms with van der Waals surface area (Å²) in [4.78, 5) is 2.67. The Morgan fingerprint density at radius 2 is 2.12 bits per heavy atom. The van der Waals surface area contributed by atoms with E-state index in [0.717, 1.165) is 24.4 Å². The first kappa shape index (κ1) is 14.0. The van der Waals surface area contributed by atoms with Crippen molar-refractivity contribution in [3.8, 4) is 0 Å². The number of nitrogens with two attached hydrogens (primary N) is 1. The molecule has 3 unspecified atom stereocenters. The summed E-state index contributed by atoms with van der Waals surface area (Å²) in [6.07, 6.45) is 6.76. The lowest BCUT2D eigenvalue weighted by Gasteiger charge is -2.26. The van der Waals surface area contributed by atoms with Gasteiger partial charge in [-0.25, -0.2) is 0 Å². The summed E-state index contributed by atoms with van der Waals surface area (Å²) >= 11 is 0. The van der Waals surface area contributed by atoms with Gasteiger partial charge in [-0.05, 0) is 38.1 Å².